The first-order valence-electron chi connectivity index (χ1n) is 11.7. The number of aryl methyl sites for hydroxylation is 1. The van der Waals surface area contributed by atoms with Crippen molar-refractivity contribution in [2.24, 2.45) is 11.3 Å². The van der Waals surface area contributed by atoms with Crippen molar-refractivity contribution >= 4 is 17.4 Å². The molecule has 2 aliphatic rings. The molecule has 0 saturated heterocycles. The van der Waals surface area contributed by atoms with Crippen molar-refractivity contribution < 1.29 is 9.18 Å². The van der Waals surface area contributed by atoms with Gasteiger partial charge in [-0.15, -0.1) is 0 Å². The Bertz CT molecular complexity index is 1200. The predicted octanol–water partition coefficient (Wildman–Crippen LogP) is 6.21. The average molecular weight is 445 g/mol. The highest BCUT2D eigenvalue weighted by Crippen LogP contribution is 2.48. The van der Waals surface area contributed by atoms with E-state index in [1.165, 1.54) is 19.2 Å². The number of rotatable bonds is 8. The number of nitrogens with one attached hydrogen (secondary N) is 2. The van der Waals surface area contributed by atoms with Crippen molar-refractivity contribution in [1.82, 2.24) is 9.97 Å². The highest BCUT2D eigenvalue weighted by molar-refractivity contribution is 5.93. The summed E-state index contributed by atoms with van der Waals surface area (Å²) in [6, 6.07) is 13.3. The molecule has 1 aromatic heterocycles. The molecule has 2 saturated carbocycles. The van der Waals surface area contributed by atoms with Crippen LogP contribution in [0.1, 0.15) is 44.6 Å². The molecule has 0 aliphatic heterocycles. The van der Waals surface area contributed by atoms with Crippen LogP contribution in [0.15, 0.2) is 48.8 Å². The summed E-state index contributed by atoms with van der Waals surface area (Å²) < 4.78 is 14.6. The molecule has 0 radical (unpaired) electrons. The fourth-order valence-corrected chi connectivity index (χ4v) is 4.08. The number of amides is 1. The third-order valence-electron chi connectivity index (χ3n) is 6.80. The first kappa shape index (κ1) is 21.6. The normalized spacial score (nSPS) is 16.3. The van der Waals surface area contributed by atoms with E-state index in [2.05, 4.69) is 27.5 Å². The van der Waals surface area contributed by atoms with E-state index in [1.54, 1.807) is 12.1 Å². The number of hydrogen-bond acceptors (Lipinski definition) is 4. The lowest BCUT2D eigenvalue weighted by Gasteiger charge is -2.15. The fraction of sp³-hybridized carbons (Fsp3) is 0.370. The van der Waals surface area contributed by atoms with Gasteiger partial charge in [0.1, 0.15) is 18.0 Å². The van der Waals surface area contributed by atoms with Crippen LogP contribution >= 0.6 is 0 Å². The second-order valence-corrected chi connectivity index (χ2v) is 9.77. The summed E-state index contributed by atoms with van der Waals surface area (Å²) in [5, 5.41) is 6.17. The highest BCUT2D eigenvalue weighted by Gasteiger charge is 2.36. The van der Waals surface area contributed by atoms with E-state index in [4.69, 9.17) is 0 Å². The molecular weight excluding hydrogens is 415 g/mol. The lowest BCUT2D eigenvalue weighted by molar-refractivity contribution is -0.117. The van der Waals surface area contributed by atoms with Crippen LogP contribution in [-0.4, -0.2) is 22.4 Å². The Hall–Kier alpha value is -3.28. The van der Waals surface area contributed by atoms with Crippen molar-refractivity contribution in [2.75, 3.05) is 17.2 Å². The number of aromatic nitrogens is 2. The number of benzene rings is 2. The zero-order valence-corrected chi connectivity index (χ0v) is 19.1. The second kappa shape index (κ2) is 8.58. The highest BCUT2D eigenvalue weighted by atomic mass is 19.1. The van der Waals surface area contributed by atoms with E-state index in [-0.39, 0.29) is 17.6 Å². The minimum atomic E-state index is -0.222. The lowest BCUT2D eigenvalue weighted by Crippen LogP contribution is -2.14. The Labute approximate surface area is 193 Å². The summed E-state index contributed by atoms with van der Waals surface area (Å²) in [6.45, 7) is 4.98. The van der Waals surface area contributed by atoms with E-state index >= 15 is 0 Å². The number of carbonyl (C=O) groups is 1. The van der Waals surface area contributed by atoms with Gasteiger partial charge in [-0.1, -0.05) is 25.1 Å². The molecule has 2 aliphatic carbocycles. The molecule has 33 heavy (non-hydrogen) atoms. The summed E-state index contributed by atoms with van der Waals surface area (Å²) >= 11 is 0. The van der Waals surface area contributed by atoms with Crippen LogP contribution in [0.25, 0.3) is 22.4 Å². The molecule has 5 rings (SSSR count). The Balaban J connectivity index is 1.38. The minimum Gasteiger partial charge on any atom is -0.383 e. The van der Waals surface area contributed by atoms with Gasteiger partial charge in [-0.25, -0.2) is 14.4 Å². The third kappa shape index (κ3) is 5.05. The molecule has 2 N–H and O–H groups in total. The zero-order valence-electron chi connectivity index (χ0n) is 19.1. The number of anilines is 2. The first-order valence-corrected chi connectivity index (χ1v) is 11.7. The molecule has 0 unspecified atom stereocenters. The zero-order chi connectivity index (χ0) is 23.0. The maximum Gasteiger partial charge on any atom is 0.228 e. The smallest absolute Gasteiger partial charge is 0.228 e. The summed E-state index contributed by atoms with van der Waals surface area (Å²) in [5.41, 5.74) is 5.46. The van der Waals surface area contributed by atoms with Gasteiger partial charge in [-0.05, 0) is 79.3 Å². The van der Waals surface area contributed by atoms with Crippen molar-refractivity contribution in [2.45, 2.75) is 46.0 Å². The number of nitrogens with zero attached hydrogens (tertiary/aromatic N) is 2. The summed E-state index contributed by atoms with van der Waals surface area (Å²) in [5.74, 6) is 0.422. The van der Waals surface area contributed by atoms with Gasteiger partial charge < -0.3 is 10.6 Å². The summed E-state index contributed by atoms with van der Waals surface area (Å²) in [4.78, 5) is 20.7. The van der Waals surface area contributed by atoms with Crippen LogP contribution in [0, 0.1) is 24.1 Å². The van der Waals surface area contributed by atoms with Gasteiger partial charge >= 0.3 is 0 Å². The lowest BCUT2D eigenvalue weighted by atomic mass is 9.97. The van der Waals surface area contributed by atoms with Gasteiger partial charge in [0.05, 0.1) is 11.4 Å². The topological polar surface area (TPSA) is 66.9 Å². The Kier molecular flexibility index (Phi) is 5.60. The Morgan fingerprint density at radius 2 is 1.91 bits per heavy atom. The number of halogens is 1. The molecule has 2 aromatic carbocycles. The van der Waals surface area contributed by atoms with Crippen LogP contribution < -0.4 is 10.6 Å². The molecule has 6 heteroatoms. The Morgan fingerprint density at radius 3 is 2.67 bits per heavy atom. The Morgan fingerprint density at radius 1 is 1.12 bits per heavy atom. The fourth-order valence-electron chi connectivity index (χ4n) is 4.08. The largest absolute Gasteiger partial charge is 0.383 e. The van der Waals surface area contributed by atoms with Crippen LogP contribution in [-0.2, 0) is 4.79 Å². The molecule has 1 heterocycles. The van der Waals surface area contributed by atoms with Crippen molar-refractivity contribution in [1.29, 1.82) is 0 Å². The van der Waals surface area contributed by atoms with Crippen LogP contribution in [0.4, 0.5) is 15.9 Å². The van der Waals surface area contributed by atoms with E-state index in [0.29, 0.717) is 16.9 Å². The van der Waals surface area contributed by atoms with Crippen molar-refractivity contribution in [3.05, 3.63) is 60.2 Å². The first-order chi connectivity index (χ1) is 15.9. The third-order valence-corrected chi connectivity index (χ3v) is 6.80. The average Bonchev–Trinajstić information content (AvgIpc) is 3.73. The van der Waals surface area contributed by atoms with Gasteiger partial charge in [0.25, 0.3) is 0 Å². The van der Waals surface area contributed by atoms with Crippen LogP contribution in [0.5, 0.6) is 0 Å². The second-order valence-electron chi connectivity index (χ2n) is 9.77. The van der Waals surface area contributed by atoms with Gasteiger partial charge in [-0.3, -0.25) is 4.79 Å². The van der Waals surface area contributed by atoms with Crippen molar-refractivity contribution in [3.8, 4) is 22.4 Å². The maximum atomic E-state index is 14.6. The van der Waals surface area contributed by atoms with E-state index < -0.39 is 0 Å². The molecule has 0 spiro atoms. The van der Waals surface area contributed by atoms with E-state index in [0.717, 1.165) is 53.8 Å². The predicted molar refractivity (Wildman–Crippen MR) is 129 cm³/mol. The monoisotopic (exact) mass is 444 g/mol. The van der Waals surface area contributed by atoms with Gasteiger partial charge in [0.15, 0.2) is 0 Å². The molecule has 170 valence electrons. The van der Waals surface area contributed by atoms with Crippen LogP contribution in [0.2, 0.25) is 0 Å². The van der Waals surface area contributed by atoms with Gasteiger partial charge in [0.2, 0.25) is 5.91 Å². The van der Waals surface area contributed by atoms with E-state index in [9.17, 15) is 9.18 Å². The molecule has 3 aromatic rings. The molecular formula is C27H29FN4O. The van der Waals surface area contributed by atoms with Gasteiger partial charge in [-0.2, -0.15) is 0 Å². The molecule has 0 bridgehead atoms. The molecule has 2 fully saturated rings. The molecule has 0 atom stereocenters. The van der Waals surface area contributed by atoms with Crippen molar-refractivity contribution in [3.63, 3.8) is 0 Å². The van der Waals surface area contributed by atoms with Crippen LogP contribution in [0.3, 0.4) is 0 Å². The standard InChI is InChI=1S/C27H29FN4O/c1-17-12-22(28)24(29-11-10-27(2)8-9-27)14-21(17)19-4-3-5-20(13-19)23-15-25(31-16-30-23)32-26(33)18-6-7-18/h3-5,12-16,18,29H,6-11H2,1-2H3,(H,30,31,32,33). The summed E-state index contributed by atoms with van der Waals surface area (Å²) in [6.07, 6.45) is 6.93. The minimum absolute atomic E-state index is 0.0195. The number of hydrogen-bond donors (Lipinski definition) is 2. The SMILES string of the molecule is Cc1cc(F)c(NCCC2(C)CC2)cc1-c1cccc(-c2cc(NC(=O)C3CC3)ncn2)c1. The summed E-state index contributed by atoms with van der Waals surface area (Å²) in [7, 11) is 0. The van der Waals surface area contributed by atoms with Gasteiger partial charge in [0, 0.05) is 24.1 Å². The van der Waals surface area contributed by atoms with E-state index in [1.807, 2.05) is 37.3 Å². The maximum absolute atomic E-state index is 14.6. The molecule has 5 nitrogen and oxygen atoms in total. The molecule has 1 amide bonds. The quantitative estimate of drug-likeness (QED) is 0.434. The number of carbonyl (C=O) groups excluding carboxylic acids is 1.